The zero-order valence-electron chi connectivity index (χ0n) is 8.42. The quantitative estimate of drug-likeness (QED) is 0.760. The van der Waals surface area contributed by atoms with E-state index in [1.807, 2.05) is 13.1 Å². The molecule has 0 saturated carbocycles. The van der Waals surface area contributed by atoms with Crippen molar-refractivity contribution in [2.75, 3.05) is 14.2 Å². The summed E-state index contributed by atoms with van der Waals surface area (Å²) in [6.07, 6.45) is 0.938. The molecular weight excluding hydrogens is 164 g/mol. The molecule has 0 unspecified atom stereocenters. The minimum atomic E-state index is 0.699. The number of nitrogens with zero attached hydrogens (tertiary/aromatic N) is 1. The number of aryl methyl sites for hydroxylation is 1. The van der Waals surface area contributed by atoms with Crippen molar-refractivity contribution in [1.29, 1.82) is 0 Å². The molecule has 0 fully saturated rings. The summed E-state index contributed by atoms with van der Waals surface area (Å²) < 4.78 is 5.10. The first kappa shape index (κ1) is 9.99. The Kier molecular flexibility index (Phi) is 3.71. The molecule has 0 aliphatic rings. The van der Waals surface area contributed by atoms with Gasteiger partial charge in [-0.05, 0) is 25.1 Å². The third-order valence-electron chi connectivity index (χ3n) is 1.87. The van der Waals surface area contributed by atoms with Crippen LogP contribution in [0.5, 0.6) is 5.88 Å². The predicted octanol–water partition coefficient (Wildman–Crippen LogP) is 1.37. The van der Waals surface area contributed by atoms with E-state index >= 15 is 0 Å². The van der Waals surface area contributed by atoms with Gasteiger partial charge in [-0.15, -0.1) is 0 Å². The van der Waals surface area contributed by atoms with Gasteiger partial charge in [0.2, 0.25) is 5.88 Å². The molecule has 72 valence electrons. The molecule has 1 aromatic rings. The molecule has 1 N–H and O–H groups in total. The summed E-state index contributed by atoms with van der Waals surface area (Å²) in [4.78, 5) is 4.30. The Labute approximate surface area is 79.1 Å². The van der Waals surface area contributed by atoms with Crippen molar-refractivity contribution in [3.05, 3.63) is 23.4 Å². The van der Waals surface area contributed by atoms with E-state index < -0.39 is 0 Å². The first-order valence-electron chi connectivity index (χ1n) is 4.48. The van der Waals surface area contributed by atoms with Gasteiger partial charge >= 0.3 is 0 Å². The number of aromatic nitrogens is 1. The van der Waals surface area contributed by atoms with E-state index in [1.165, 1.54) is 5.56 Å². The van der Waals surface area contributed by atoms with E-state index in [0.29, 0.717) is 5.88 Å². The van der Waals surface area contributed by atoms with Crippen molar-refractivity contribution in [2.45, 2.75) is 19.9 Å². The molecule has 0 spiro atoms. The smallest absolute Gasteiger partial charge is 0.213 e. The summed E-state index contributed by atoms with van der Waals surface area (Å²) in [5.74, 6) is 0.699. The van der Waals surface area contributed by atoms with Crippen LogP contribution in [0.2, 0.25) is 0 Å². The van der Waals surface area contributed by atoms with Crippen LogP contribution in [0.4, 0.5) is 0 Å². The highest BCUT2D eigenvalue weighted by Crippen LogP contribution is 2.12. The number of rotatable bonds is 4. The number of hydrogen-bond acceptors (Lipinski definition) is 3. The molecule has 0 amide bonds. The minimum Gasteiger partial charge on any atom is -0.481 e. The lowest BCUT2D eigenvalue weighted by atomic mass is 10.2. The van der Waals surface area contributed by atoms with Crippen molar-refractivity contribution >= 4 is 0 Å². The maximum absolute atomic E-state index is 5.10. The van der Waals surface area contributed by atoms with Gasteiger partial charge in [0.05, 0.1) is 7.11 Å². The molecule has 0 aliphatic heterocycles. The molecule has 0 radical (unpaired) electrons. The maximum Gasteiger partial charge on any atom is 0.213 e. The third-order valence-corrected chi connectivity index (χ3v) is 1.87. The summed E-state index contributed by atoms with van der Waals surface area (Å²) >= 11 is 0. The second kappa shape index (κ2) is 4.82. The highest BCUT2D eigenvalue weighted by Gasteiger charge is 2.00. The van der Waals surface area contributed by atoms with Gasteiger partial charge in [-0.25, -0.2) is 4.98 Å². The summed E-state index contributed by atoms with van der Waals surface area (Å²) in [6, 6.07) is 4.05. The van der Waals surface area contributed by atoms with Gasteiger partial charge in [-0.2, -0.15) is 0 Å². The lowest BCUT2D eigenvalue weighted by Crippen LogP contribution is -2.06. The van der Waals surface area contributed by atoms with Crippen molar-refractivity contribution < 1.29 is 4.74 Å². The van der Waals surface area contributed by atoms with E-state index in [-0.39, 0.29) is 0 Å². The van der Waals surface area contributed by atoms with Crippen LogP contribution in [0.15, 0.2) is 12.1 Å². The van der Waals surface area contributed by atoms with E-state index in [2.05, 4.69) is 23.3 Å². The number of nitrogens with one attached hydrogen (secondary N) is 1. The summed E-state index contributed by atoms with van der Waals surface area (Å²) in [7, 11) is 3.57. The van der Waals surface area contributed by atoms with Gasteiger partial charge in [-0.3, -0.25) is 0 Å². The molecule has 3 nitrogen and oxygen atoms in total. The molecule has 1 rings (SSSR count). The maximum atomic E-state index is 5.10. The van der Waals surface area contributed by atoms with E-state index in [4.69, 9.17) is 4.74 Å². The van der Waals surface area contributed by atoms with Crippen LogP contribution < -0.4 is 10.1 Å². The Morgan fingerprint density at radius 3 is 2.77 bits per heavy atom. The molecule has 1 heterocycles. The molecule has 0 bridgehead atoms. The van der Waals surface area contributed by atoms with Crippen molar-refractivity contribution in [2.24, 2.45) is 0 Å². The van der Waals surface area contributed by atoms with Crippen LogP contribution in [0.1, 0.15) is 18.2 Å². The van der Waals surface area contributed by atoms with Crippen LogP contribution in [0.3, 0.4) is 0 Å². The molecule has 13 heavy (non-hydrogen) atoms. The largest absolute Gasteiger partial charge is 0.481 e. The SMILES string of the molecule is CCc1cc(CNC)cc(OC)n1. The zero-order chi connectivity index (χ0) is 9.68. The number of ether oxygens (including phenoxy) is 1. The Morgan fingerprint density at radius 1 is 1.46 bits per heavy atom. The van der Waals surface area contributed by atoms with Gasteiger partial charge in [-0.1, -0.05) is 6.92 Å². The Morgan fingerprint density at radius 2 is 2.23 bits per heavy atom. The standard InChI is InChI=1S/C10H16N2O/c1-4-9-5-8(7-11-2)6-10(12-9)13-3/h5-6,11H,4,7H2,1-3H3. The fourth-order valence-corrected chi connectivity index (χ4v) is 1.21. The second-order valence-corrected chi connectivity index (χ2v) is 2.89. The molecule has 3 heteroatoms. The summed E-state index contributed by atoms with van der Waals surface area (Å²) in [6.45, 7) is 2.94. The lowest BCUT2D eigenvalue weighted by molar-refractivity contribution is 0.395. The van der Waals surface area contributed by atoms with Crippen molar-refractivity contribution in [3.8, 4) is 5.88 Å². The Hall–Kier alpha value is -1.09. The van der Waals surface area contributed by atoms with E-state index in [1.54, 1.807) is 7.11 Å². The van der Waals surface area contributed by atoms with E-state index in [0.717, 1.165) is 18.7 Å². The normalized spacial score (nSPS) is 10.1. The first-order valence-corrected chi connectivity index (χ1v) is 4.48. The van der Waals surface area contributed by atoms with Gasteiger partial charge in [0.15, 0.2) is 0 Å². The monoisotopic (exact) mass is 180 g/mol. The third kappa shape index (κ3) is 2.70. The fourth-order valence-electron chi connectivity index (χ4n) is 1.21. The van der Waals surface area contributed by atoms with Crippen molar-refractivity contribution in [3.63, 3.8) is 0 Å². The molecule has 0 aromatic carbocycles. The molecule has 1 aromatic heterocycles. The average molecular weight is 180 g/mol. The van der Waals surface area contributed by atoms with Gasteiger partial charge in [0.25, 0.3) is 0 Å². The Balaban J connectivity index is 2.93. The fraction of sp³-hybridized carbons (Fsp3) is 0.500. The van der Waals surface area contributed by atoms with Crippen LogP contribution in [0, 0.1) is 0 Å². The van der Waals surface area contributed by atoms with Gasteiger partial charge in [0, 0.05) is 18.3 Å². The van der Waals surface area contributed by atoms with Crippen molar-refractivity contribution in [1.82, 2.24) is 10.3 Å². The molecule has 0 aliphatic carbocycles. The molecular formula is C10H16N2O. The van der Waals surface area contributed by atoms with Crippen LogP contribution >= 0.6 is 0 Å². The zero-order valence-corrected chi connectivity index (χ0v) is 8.42. The average Bonchev–Trinajstić information content (AvgIpc) is 2.17. The highest BCUT2D eigenvalue weighted by molar-refractivity contribution is 5.25. The second-order valence-electron chi connectivity index (χ2n) is 2.89. The molecule has 0 saturated heterocycles. The van der Waals surface area contributed by atoms with Crippen LogP contribution in [-0.4, -0.2) is 19.1 Å². The predicted molar refractivity (Wildman–Crippen MR) is 52.9 cm³/mol. The molecule has 0 atom stereocenters. The lowest BCUT2D eigenvalue weighted by Gasteiger charge is -2.06. The summed E-state index contributed by atoms with van der Waals surface area (Å²) in [5, 5.41) is 3.10. The van der Waals surface area contributed by atoms with Gasteiger partial charge in [0.1, 0.15) is 0 Å². The number of pyridine rings is 1. The topological polar surface area (TPSA) is 34.1 Å². The Bertz CT molecular complexity index is 251. The minimum absolute atomic E-state index is 0.699. The van der Waals surface area contributed by atoms with E-state index in [9.17, 15) is 0 Å². The van der Waals surface area contributed by atoms with Crippen LogP contribution in [-0.2, 0) is 13.0 Å². The summed E-state index contributed by atoms with van der Waals surface area (Å²) in [5.41, 5.74) is 2.29. The van der Waals surface area contributed by atoms with Crippen LogP contribution in [0.25, 0.3) is 0 Å². The number of methoxy groups -OCH3 is 1. The number of hydrogen-bond donors (Lipinski definition) is 1. The highest BCUT2D eigenvalue weighted by atomic mass is 16.5. The van der Waals surface area contributed by atoms with Gasteiger partial charge < -0.3 is 10.1 Å². The first-order chi connectivity index (χ1) is 6.30.